The molecule has 2 rings (SSSR count). The molecule has 1 saturated carbocycles. The number of aliphatic imine (C=N–C) groups is 1. The highest BCUT2D eigenvalue weighted by molar-refractivity contribution is 14.0. The van der Waals surface area contributed by atoms with Crippen LogP contribution in [0.5, 0.6) is 0 Å². The van der Waals surface area contributed by atoms with Crippen molar-refractivity contribution in [2.24, 2.45) is 10.4 Å². The number of benzene rings is 1. The summed E-state index contributed by atoms with van der Waals surface area (Å²) in [5.74, 6) is 0.842. The molecule has 0 amide bonds. The summed E-state index contributed by atoms with van der Waals surface area (Å²) < 4.78 is 28.3. The molecule has 28 heavy (non-hydrogen) atoms. The number of hydrogen-bond donors (Lipinski definition) is 2. The Balaban J connectivity index is 0.00000392. The van der Waals surface area contributed by atoms with Crippen LogP contribution in [-0.2, 0) is 21.0 Å². The fraction of sp³-hybridized carbons (Fsp3) is 0.650. The Morgan fingerprint density at radius 3 is 2.39 bits per heavy atom. The van der Waals surface area contributed by atoms with Crippen LogP contribution in [0.3, 0.4) is 0 Å². The second kappa shape index (κ2) is 12.0. The Morgan fingerprint density at radius 1 is 1.21 bits per heavy atom. The first-order valence-electron chi connectivity index (χ1n) is 9.69. The maximum Gasteiger partial charge on any atom is 0.191 e. The van der Waals surface area contributed by atoms with Crippen LogP contribution in [0.15, 0.2) is 34.2 Å². The molecule has 1 aromatic carbocycles. The lowest BCUT2D eigenvalue weighted by atomic mass is 9.67. The molecule has 1 aromatic rings. The molecular formula is C20H34IN3O3S. The molecular weight excluding hydrogens is 489 g/mol. The van der Waals surface area contributed by atoms with Crippen LogP contribution < -0.4 is 10.6 Å². The molecule has 1 aliphatic rings. The predicted molar refractivity (Wildman–Crippen MR) is 125 cm³/mol. The monoisotopic (exact) mass is 523 g/mol. The van der Waals surface area contributed by atoms with Crippen LogP contribution in [0.4, 0.5) is 0 Å². The normalized spacial score (nSPS) is 16.0. The van der Waals surface area contributed by atoms with Crippen molar-refractivity contribution < 1.29 is 13.2 Å². The van der Waals surface area contributed by atoms with Gasteiger partial charge in [-0.3, -0.25) is 4.99 Å². The molecule has 0 bridgehead atoms. The number of ether oxygens (including phenoxy) is 1. The molecule has 0 atom stereocenters. The lowest BCUT2D eigenvalue weighted by Crippen LogP contribution is -2.41. The Morgan fingerprint density at radius 2 is 1.89 bits per heavy atom. The van der Waals surface area contributed by atoms with Crippen LogP contribution in [-0.4, -0.2) is 54.0 Å². The topological polar surface area (TPSA) is 79.8 Å². The summed E-state index contributed by atoms with van der Waals surface area (Å²) in [6.07, 6.45) is 6.84. The summed E-state index contributed by atoms with van der Waals surface area (Å²) in [7, 11) is -1.39. The molecule has 0 aromatic heterocycles. The van der Waals surface area contributed by atoms with E-state index in [4.69, 9.17) is 9.73 Å². The Labute approximate surface area is 186 Å². The standard InChI is InChI=1S/C20H33N3O3S.HI/c1-4-21-19(23-16-20(11-5-12-20)13-15-26-2)22-14-10-17-6-8-18(9-7-17)27(3,24)25;/h6-9H,4-5,10-16H2,1-3H3,(H2,21,22,23);1H. The molecule has 2 N–H and O–H groups in total. The minimum atomic E-state index is -3.14. The van der Waals surface area contributed by atoms with E-state index in [0.717, 1.165) is 50.6 Å². The largest absolute Gasteiger partial charge is 0.385 e. The molecule has 0 heterocycles. The van der Waals surface area contributed by atoms with E-state index in [-0.39, 0.29) is 24.0 Å². The van der Waals surface area contributed by atoms with E-state index in [1.807, 2.05) is 12.1 Å². The predicted octanol–water partition coefficient (Wildman–Crippen LogP) is 3.01. The number of nitrogens with zero attached hydrogens (tertiary/aromatic N) is 1. The minimum Gasteiger partial charge on any atom is -0.385 e. The Hall–Kier alpha value is -0.870. The van der Waals surface area contributed by atoms with Crippen LogP contribution in [0.2, 0.25) is 0 Å². The highest BCUT2D eigenvalue weighted by atomic mass is 127. The number of rotatable bonds is 10. The van der Waals surface area contributed by atoms with Gasteiger partial charge in [0, 0.05) is 39.6 Å². The molecule has 1 fully saturated rings. The van der Waals surface area contributed by atoms with Gasteiger partial charge in [0.15, 0.2) is 15.8 Å². The van der Waals surface area contributed by atoms with Gasteiger partial charge in [-0.1, -0.05) is 18.6 Å². The molecule has 0 saturated heterocycles. The number of sulfone groups is 1. The molecule has 0 aliphatic heterocycles. The van der Waals surface area contributed by atoms with Gasteiger partial charge in [-0.25, -0.2) is 8.42 Å². The second-order valence-corrected chi connectivity index (χ2v) is 9.40. The summed E-state index contributed by atoms with van der Waals surface area (Å²) in [5.41, 5.74) is 1.40. The molecule has 0 spiro atoms. The third-order valence-corrected chi connectivity index (χ3v) is 6.35. The highest BCUT2D eigenvalue weighted by Crippen LogP contribution is 2.44. The lowest BCUT2D eigenvalue weighted by Gasteiger charge is -2.40. The molecule has 8 heteroatoms. The smallest absolute Gasteiger partial charge is 0.191 e. The first-order valence-corrected chi connectivity index (χ1v) is 11.6. The van der Waals surface area contributed by atoms with Crippen molar-refractivity contribution in [1.29, 1.82) is 0 Å². The summed E-state index contributed by atoms with van der Waals surface area (Å²) in [5, 5.41) is 6.68. The third kappa shape index (κ3) is 7.87. The van der Waals surface area contributed by atoms with Gasteiger partial charge in [0.25, 0.3) is 0 Å². The number of guanidine groups is 1. The van der Waals surface area contributed by atoms with Crippen molar-refractivity contribution >= 4 is 39.8 Å². The maximum atomic E-state index is 11.5. The van der Waals surface area contributed by atoms with Crippen molar-refractivity contribution in [2.45, 2.75) is 43.9 Å². The Kier molecular flexibility index (Phi) is 10.8. The average molecular weight is 523 g/mol. The fourth-order valence-electron chi connectivity index (χ4n) is 3.30. The zero-order valence-corrected chi connectivity index (χ0v) is 20.3. The van der Waals surface area contributed by atoms with E-state index in [1.165, 1.54) is 25.5 Å². The van der Waals surface area contributed by atoms with Crippen LogP contribution >= 0.6 is 24.0 Å². The van der Waals surface area contributed by atoms with Crippen LogP contribution in [0, 0.1) is 5.41 Å². The number of methoxy groups -OCH3 is 1. The summed E-state index contributed by atoms with van der Waals surface area (Å²) in [6, 6.07) is 7.08. The van der Waals surface area contributed by atoms with Gasteiger partial charge in [0.2, 0.25) is 0 Å². The van der Waals surface area contributed by atoms with E-state index in [0.29, 0.717) is 10.3 Å². The van der Waals surface area contributed by atoms with Crippen molar-refractivity contribution in [3.63, 3.8) is 0 Å². The maximum absolute atomic E-state index is 11.5. The second-order valence-electron chi connectivity index (χ2n) is 7.38. The summed E-state index contributed by atoms with van der Waals surface area (Å²) in [6.45, 7) is 5.25. The summed E-state index contributed by atoms with van der Waals surface area (Å²) >= 11 is 0. The van der Waals surface area contributed by atoms with Gasteiger partial charge < -0.3 is 15.4 Å². The molecule has 1 aliphatic carbocycles. The molecule has 0 unspecified atom stereocenters. The van der Waals surface area contributed by atoms with Gasteiger partial charge in [0.05, 0.1) is 4.90 Å². The zero-order valence-electron chi connectivity index (χ0n) is 17.2. The minimum absolute atomic E-state index is 0. The van der Waals surface area contributed by atoms with Crippen LogP contribution in [0.1, 0.15) is 38.2 Å². The van der Waals surface area contributed by atoms with Crippen molar-refractivity contribution in [1.82, 2.24) is 10.6 Å². The van der Waals surface area contributed by atoms with Gasteiger partial charge in [-0.15, -0.1) is 24.0 Å². The SMILES string of the molecule is CCNC(=NCC1(CCOC)CCC1)NCCc1ccc(S(C)(=O)=O)cc1.I. The van der Waals surface area contributed by atoms with Crippen molar-refractivity contribution in [3.05, 3.63) is 29.8 Å². The quantitative estimate of drug-likeness (QED) is 0.280. The Bertz CT molecular complexity index is 717. The summed E-state index contributed by atoms with van der Waals surface area (Å²) in [4.78, 5) is 5.16. The number of hydrogen-bond acceptors (Lipinski definition) is 4. The molecule has 6 nitrogen and oxygen atoms in total. The van der Waals surface area contributed by atoms with Gasteiger partial charge in [-0.05, 0) is 55.7 Å². The van der Waals surface area contributed by atoms with Crippen LogP contribution in [0.25, 0.3) is 0 Å². The van der Waals surface area contributed by atoms with E-state index < -0.39 is 9.84 Å². The first kappa shape index (κ1) is 25.2. The first-order chi connectivity index (χ1) is 12.9. The van der Waals surface area contributed by atoms with Gasteiger partial charge in [-0.2, -0.15) is 0 Å². The average Bonchev–Trinajstić information content (AvgIpc) is 2.60. The van der Waals surface area contributed by atoms with E-state index in [1.54, 1.807) is 19.2 Å². The van der Waals surface area contributed by atoms with E-state index in [2.05, 4.69) is 17.6 Å². The molecule has 0 radical (unpaired) electrons. The van der Waals surface area contributed by atoms with Gasteiger partial charge >= 0.3 is 0 Å². The van der Waals surface area contributed by atoms with Crippen molar-refractivity contribution in [3.8, 4) is 0 Å². The zero-order chi connectivity index (χ0) is 19.8. The van der Waals surface area contributed by atoms with E-state index >= 15 is 0 Å². The molecule has 160 valence electrons. The number of halogens is 1. The van der Waals surface area contributed by atoms with Crippen molar-refractivity contribution in [2.75, 3.05) is 39.6 Å². The lowest BCUT2D eigenvalue weighted by molar-refractivity contribution is 0.0778. The van der Waals surface area contributed by atoms with E-state index in [9.17, 15) is 8.42 Å². The highest BCUT2D eigenvalue weighted by Gasteiger charge is 2.36. The fourth-order valence-corrected chi connectivity index (χ4v) is 3.93. The number of nitrogens with one attached hydrogen (secondary N) is 2. The third-order valence-electron chi connectivity index (χ3n) is 5.23. The van der Waals surface area contributed by atoms with Gasteiger partial charge in [0.1, 0.15) is 0 Å².